The van der Waals surface area contributed by atoms with Crippen molar-refractivity contribution in [3.8, 4) is 6.07 Å². The van der Waals surface area contributed by atoms with Crippen molar-refractivity contribution in [1.82, 2.24) is 4.90 Å². The largest absolute Gasteiger partial charge is 0.395 e. The lowest BCUT2D eigenvalue weighted by Crippen LogP contribution is -2.39. The molecule has 6 heteroatoms. The molecule has 1 saturated heterocycles. The minimum Gasteiger partial charge on any atom is -0.395 e. The summed E-state index contributed by atoms with van der Waals surface area (Å²) in [6.07, 6.45) is 9.92. The number of nitrogens with zero attached hydrogens (tertiary/aromatic N) is 2. The van der Waals surface area contributed by atoms with E-state index in [-0.39, 0.29) is 16.8 Å². The molecule has 190 valence electrons. The third kappa shape index (κ3) is 8.52. The van der Waals surface area contributed by atoms with Gasteiger partial charge in [-0.05, 0) is 50.1 Å². The van der Waals surface area contributed by atoms with E-state index in [1.54, 1.807) is 11.8 Å². The highest BCUT2D eigenvalue weighted by Crippen LogP contribution is 2.49. The Morgan fingerprint density at radius 3 is 2.34 bits per heavy atom. The lowest BCUT2D eigenvalue weighted by atomic mass is 9.91. The van der Waals surface area contributed by atoms with Crippen LogP contribution in [0.1, 0.15) is 64.5 Å². The first-order valence-corrected chi connectivity index (χ1v) is 13.2. The highest BCUT2D eigenvalue weighted by atomic mass is 32.2. The quantitative estimate of drug-likeness (QED) is 0.226. The van der Waals surface area contributed by atoms with Crippen molar-refractivity contribution < 1.29 is 5.11 Å². The summed E-state index contributed by atoms with van der Waals surface area (Å²) in [4.78, 5) is 2.21. The van der Waals surface area contributed by atoms with Gasteiger partial charge in [0.1, 0.15) is 0 Å². The summed E-state index contributed by atoms with van der Waals surface area (Å²) >= 11 is 1.77. The molecule has 35 heavy (non-hydrogen) atoms. The summed E-state index contributed by atoms with van der Waals surface area (Å²) in [5.74, 6) is 1.57. The molecule has 1 aliphatic carbocycles. The van der Waals surface area contributed by atoms with E-state index in [4.69, 9.17) is 10.8 Å². The zero-order chi connectivity index (χ0) is 26.5. The predicted octanol–water partition coefficient (Wildman–Crippen LogP) is 6.61. The maximum atomic E-state index is 9.71. The number of nitrogens with one attached hydrogen (secondary N) is 2. The zero-order valence-electron chi connectivity index (χ0n) is 21.9. The first-order chi connectivity index (χ1) is 16.8. The van der Waals surface area contributed by atoms with Crippen molar-refractivity contribution in [1.29, 1.82) is 16.1 Å². The maximum Gasteiger partial charge on any atom is 0.0991 e. The van der Waals surface area contributed by atoms with E-state index in [2.05, 4.69) is 69.3 Å². The standard InChI is InChI=1S/C25H31N3OS.C3H8.CH3N/c1-4-5-6-22(19(2)16-26)20-7-9-21(10-8-20)25(11-12-25)17-28-13-14-30-24(3,18-29)15-23(28)27;1-3-2;1-2/h4-10,27,29H,2,11-15,17-18H2,1,3H3;3H2,1-2H3;2H,1H2/b5-4-,22-6+,27-23?;;. The molecule has 2 fully saturated rings. The van der Waals surface area contributed by atoms with Crippen molar-refractivity contribution >= 4 is 29.9 Å². The first-order valence-electron chi connectivity index (χ1n) is 12.2. The first kappa shape index (κ1) is 30.4. The van der Waals surface area contributed by atoms with Crippen LogP contribution in [-0.4, -0.2) is 52.8 Å². The van der Waals surface area contributed by atoms with Gasteiger partial charge in [-0.1, -0.05) is 69.3 Å². The molecule has 0 spiro atoms. The lowest BCUT2D eigenvalue weighted by molar-refractivity contribution is 0.257. The SMILES string of the molecule is C=C(C#N)/C(=C\C=C/C)c1ccc(C2(CN3CCSC(C)(CO)CC3=N)CC2)cc1.C=N.CCC. The van der Waals surface area contributed by atoms with E-state index in [9.17, 15) is 10.4 Å². The van der Waals surface area contributed by atoms with Crippen molar-refractivity contribution in [2.24, 2.45) is 0 Å². The van der Waals surface area contributed by atoms with E-state index < -0.39 is 0 Å². The second-order valence-electron chi connectivity index (χ2n) is 9.26. The van der Waals surface area contributed by atoms with Crippen LogP contribution in [0.4, 0.5) is 0 Å². The molecular weight excluding hydrogens is 452 g/mol. The summed E-state index contributed by atoms with van der Waals surface area (Å²) in [6.45, 7) is 16.5. The van der Waals surface area contributed by atoms with Gasteiger partial charge >= 0.3 is 0 Å². The van der Waals surface area contributed by atoms with E-state index in [0.717, 1.165) is 42.8 Å². The maximum absolute atomic E-state index is 9.71. The number of hydrogen-bond donors (Lipinski definition) is 3. The van der Waals surface area contributed by atoms with Gasteiger partial charge in [0.15, 0.2) is 0 Å². The molecule has 1 aliphatic heterocycles. The molecule has 0 amide bonds. The number of thioether (sulfide) groups is 1. The molecule has 1 unspecified atom stereocenters. The third-order valence-corrected chi connectivity index (χ3v) is 7.50. The summed E-state index contributed by atoms with van der Waals surface area (Å²) < 4.78 is -0.247. The van der Waals surface area contributed by atoms with Gasteiger partial charge in [-0.2, -0.15) is 17.0 Å². The van der Waals surface area contributed by atoms with Crippen LogP contribution >= 0.6 is 11.8 Å². The fourth-order valence-corrected chi connectivity index (χ4v) is 5.15. The molecule has 0 aromatic heterocycles. The fraction of sp³-hybridized carbons (Fsp3) is 0.483. The molecule has 3 N–H and O–H groups in total. The van der Waals surface area contributed by atoms with Crippen LogP contribution in [0.15, 0.2) is 54.6 Å². The van der Waals surface area contributed by atoms with Crippen LogP contribution in [0.3, 0.4) is 0 Å². The number of amidine groups is 1. The number of aliphatic hydroxyl groups is 1. The number of aliphatic hydroxyl groups excluding tert-OH is 1. The molecule has 3 rings (SSSR count). The minimum atomic E-state index is -0.247. The molecule has 1 atom stereocenters. The zero-order valence-corrected chi connectivity index (χ0v) is 22.7. The van der Waals surface area contributed by atoms with Crippen molar-refractivity contribution in [3.05, 3.63) is 65.8 Å². The highest BCUT2D eigenvalue weighted by Gasteiger charge is 2.46. The Kier molecular flexibility index (Phi) is 12.8. The number of benzene rings is 1. The van der Waals surface area contributed by atoms with Crippen LogP contribution in [0.25, 0.3) is 5.57 Å². The Balaban J connectivity index is 0.00000114. The van der Waals surface area contributed by atoms with E-state index in [1.807, 2.05) is 25.2 Å². The number of nitriles is 1. The Labute approximate surface area is 216 Å². The molecule has 1 aromatic carbocycles. The second kappa shape index (κ2) is 14.7. The highest BCUT2D eigenvalue weighted by molar-refractivity contribution is 8.00. The number of rotatable bonds is 7. The predicted molar refractivity (Wildman–Crippen MR) is 153 cm³/mol. The molecule has 0 radical (unpaired) electrons. The van der Waals surface area contributed by atoms with Crippen LogP contribution in [-0.2, 0) is 5.41 Å². The van der Waals surface area contributed by atoms with E-state index in [1.165, 1.54) is 12.0 Å². The molecular formula is C29H42N4OS. The van der Waals surface area contributed by atoms with Gasteiger partial charge in [-0.25, -0.2) is 0 Å². The van der Waals surface area contributed by atoms with Gasteiger partial charge in [0.2, 0.25) is 0 Å². The van der Waals surface area contributed by atoms with Gasteiger partial charge < -0.3 is 15.4 Å². The summed E-state index contributed by atoms with van der Waals surface area (Å²) in [5, 5.41) is 33.1. The molecule has 1 heterocycles. The van der Waals surface area contributed by atoms with Gasteiger partial charge in [-0.3, -0.25) is 5.41 Å². The Morgan fingerprint density at radius 2 is 1.86 bits per heavy atom. The summed E-state index contributed by atoms with van der Waals surface area (Å²) in [7, 11) is 0. The summed E-state index contributed by atoms with van der Waals surface area (Å²) in [5.41, 5.74) is 3.71. The van der Waals surface area contributed by atoms with Crippen LogP contribution < -0.4 is 0 Å². The van der Waals surface area contributed by atoms with Crippen molar-refractivity contribution in [2.45, 2.75) is 63.5 Å². The van der Waals surface area contributed by atoms with Gasteiger partial charge in [0.25, 0.3) is 0 Å². The monoisotopic (exact) mass is 494 g/mol. The smallest absolute Gasteiger partial charge is 0.0991 e. The minimum absolute atomic E-state index is 0.106. The fourth-order valence-electron chi connectivity index (χ4n) is 4.01. The van der Waals surface area contributed by atoms with Crippen LogP contribution in [0, 0.1) is 22.1 Å². The normalized spacial score (nSPS) is 21.1. The average Bonchev–Trinajstić information content (AvgIpc) is 3.67. The van der Waals surface area contributed by atoms with Crippen molar-refractivity contribution in [2.75, 3.05) is 25.4 Å². The van der Waals surface area contributed by atoms with E-state index in [0.29, 0.717) is 17.8 Å². The number of hydrogen-bond acceptors (Lipinski definition) is 5. The second-order valence-corrected chi connectivity index (χ2v) is 10.9. The van der Waals surface area contributed by atoms with Gasteiger partial charge in [0, 0.05) is 35.4 Å². The van der Waals surface area contributed by atoms with E-state index >= 15 is 0 Å². The lowest BCUT2D eigenvalue weighted by Gasteiger charge is -2.30. The molecule has 2 aliphatic rings. The van der Waals surface area contributed by atoms with Crippen LogP contribution in [0.5, 0.6) is 0 Å². The number of allylic oxidation sites excluding steroid dienone is 5. The molecule has 0 bridgehead atoms. The third-order valence-electron chi connectivity index (χ3n) is 6.14. The molecule has 5 nitrogen and oxygen atoms in total. The molecule has 1 aromatic rings. The van der Waals surface area contributed by atoms with Crippen molar-refractivity contribution in [3.63, 3.8) is 0 Å². The average molecular weight is 495 g/mol. The van der Waals surface area contributed by atoms with Gasteiger partial charge in [0.05, 0.1) is 24.1 Å². The Bertz CT molecular complexity index is 940. The Hall–Kier alpha value is -2.62. The summed E-state index contributed by atoms with van der Waals surface area (Å²) in [6, 6.07) is 10.7. The van der Waals surface area contributed by atoms with Gasteiger partial charge in [-0.15, -0.1) is 0 Å². The Morgan fingerprint density at radius 1 is 1.26 bits per heavy atom. The topological polar surface area (TPSA) is 95.0 Å². The molecule has 1 saturated carbocycles. The van der Waals surface area contributed by atoms with Crippen LogP contribution in [0.2, 0.25) is 0 Å².